The summed E-state index contributed by atoms with van der Waals surface area (Å²) in [5.41, 5.74) is 4.32. The summed E-state index contributed by atoms with van der Waals surface area (Å²) in [6, 6.07) is 16.2. The molecule has 3 aromatic rings. The molecule has 33 heavy (non-hydrogen) atoms. The van der Waals surface area contributed by atoms with E-state index in [9.17, 15) is 9.59 Å². The maximum absolute atomic E-state index is 12.1. The molecule has 0 aliphatic carbocycles. The number of carbonyl (C=O) groups excluding carboxylic acids is 2. The third-order valence-corrected chi connectivity index (χ3v) is 5.80. The lowest BCUT2D eigenvalue weighted by Crippen LogP contribution is -2.24. The number of methoxy groups -OCH3 is 1. The fraction of sp³-hybridized carbons (Fsp3) is 0.240. The number of hydrazone groups is 1. The molecule has 8 heteroatoms. The average molecular weight is 467 g/mol. The number of hydrogen-bond acceptors (Lipinski definition) is 7. The number of nitrogens with zero attached hydrogens (tertiary/aromatic N) is 1. The number of amides is 1. The highest BCUT2D eigenvalue weighted by Crippen LogP contribution is 2.29. The molecule has 1 atom stereocenters. The summed E-state index contributed by atoms with van der Waals surface area (Å²) < 4.78 is 16.2. The number of esters is 1. The highest BCUT2D eigenvalue weighted by molar-refractivity contribution is 7.12. The summed E-state index contributed by atoms with van der Waals surface area (Å²) in [6.45, 7) is 4.16. The number of carbonyl (C=O) groups is 2. The summed E-state index contributed by atoms with van der Waals surface area (Å²) in [5, 5.41) is 5.74. The molecule has 3 rings (SSSR count). The van der Waals surface area contributed by atoms with Crippen LogP contribution < -0.4 is 19.6 Å². The van der Waals surface area contributed by atoms with Crippen molar-refractivity contribution in [3.8, 4) is 17.2 Å². The molecule has 1 amide bonds. The standard InChI is InChI=1S/C25H26N2O5S/c1-4-17(2)19-8-10-20(11-9-19)31-16-24(28)27-26-15-18-7-12-21(22(14-18)30-3)32-25(29)23-6-5-13-33-23/h5-15,17H,4,16H2,1-3H3,(H,27,28). The molecular weight excluding hydrogens is 440 g/mol. The van der Waals surface area contributed by atoms with E-state index in [0.717, 1.165) is 6.42 Å². The normalized spacial score (nSPS) is 11.7. The molecule has 2 aromatic carbocycles. The zero-order valence-corrected chi connectivity index (χ0v) is 19.6. The van der Waals surface area contributed by atoms with Crippen LogP contribution in [-0.2, 0) is 4.79 Å². The third-order valence-electron chi connectivity index (χ3n) is 4.95. The fourth-order valence-corrected chi connectivity index (χ4v) is 3.48. The Morgan fingerprint density at radius 2 is 1.91 bits per heavy atom. The molecule has 1 heterocycles. The van der Waals surface area contributed by atoms with Gasteiger partial charge in [0.25, 0.3) is 5.91 Å². The number of ether oxygens (including phenoxy) is 3. The molecule has 0 fully saturated rings. The van der Waals surface area contributed by atoms with E-state index >= 15 is 0 Å². The van der Waals surface area contributed by atoms with E-state index < -0.39 is 5.97 Å². The monoisotopic (exact) mass is 466 g/mol. The lowest BCUT2D eigenvalue weighted by atomic mass is 9.99. The van der Waals surface area contributed by atoms with Gasteiger partial charge in [0.1, 0.15) is 10.6 Å². The minimum absolute atomic E-state index is 0.152. The van der Waals surface area contributed by atoms with Gasteiger partial charge in [0, 0.05) is 0 Å². The maximum atomic E-state index is 12.1. The molecule has 1 aromatic heterocycles. The number of rotatable bonds is 10. The van der Waals surface area contributed by atoms with E-state index in [2.05, 4.69) is 24.4 Å². The SMILES string of the molecule is CCC(C)c1ccc(OCC(=O)NN=Cc2ccc(OC(=O)c3cccs3)c(OC)c2)cc1. The van der Waals surface area contributed by atoms with Crippen molar-refractivity contribution in [1.29, 1.82) is 0 Å². The van der Waals surface area contributed by atoms with Crippen LogP contribution in [0.5, 0.6) is 17.2 Å². The van der Waals surface area contributed by atoms with Crippen molar-refractivity contribution in [1.82, 2.24) is 5.43 Å². The van der Waals surface area contributed by atoms with Crippen molar-refractivity contribution in [2.75, 3.05) is 13.7 Å². The Kier molecular flexibility index (Phi) is 8.60. The first-order valence-electron chi connectivity index (χ1n) is 10.5. The fourth-order valence-electron chi connectivity index (χ4n) is 2.88. The van der Waals surface area contributed by atoms with Gasteiger partial charge in [-0.2, -0.15) is 5.10 Å². The summed E-state index contributed by atoms with van der Waals surface area (Å²) in [4.78, 5) is 24.7. The molecule has 0 spiro atoms. The molecule has 0 aliphatic heterocycles. The van der Waals surface area contributed by atoms with Crippen LogP contribution >= 0.6 is 11.3 Å². The summed E-state index contributed by atoms with van der Waals surface area (Å²) in [5.74, 6) is 0.942. The van der Waals surface area contributed by atoms with E-state index in [0.29, 0.717) is 33.6 Å². The number of thiophene rings is 1. The van der Waals surface area contributed by atoms with E-state index in [1.165, 1.54) is 30.2 Å². The first-order chi connectivity index (χ1) is 16.0. The molecule has 172 valence electrons. The lowest BCUT2D eigenvalue weighted by molar-refractivity contribution is -0.123. The summed E-state index contributed by atoms with van der Waals surface area (Å²) >= 11 is 1.30. The maximum Gasteiger partial charge on any atom is 0.353 e. The Balaban J connectivity index is 1.50. The second-order valence-electron chi connectivity index (χ2n) is 7.24. The molecule has 1 unspecified atom stereocenters. The minimum Gasteiger partial charge on any atom is -0.493 e. The van der Waals surface area contributed by atoms with E-state index in [1.54, 1.807) is 35.7 Å². The van der Waals surface area contributed by atoms with Gasteiger partial charge in [0.15, 0.2) is 18.1 Å². The van der Waals surface area contributed by atoms with Gasteiger partial charge in [-0.3, -0.25) is 4.79 Å². The van der Waals surface area contributed by atoms with Gasteiger partial charge in [-0.1, -0.05) is 32.0 Å². The van der Waals surface area contributed by atoms with Crippen LogP contribution in [0.2, 0.25) is 0 Å². The number of benzene rings is 2. The molecule has 7 nitrogen and oxygen atoms in total. The Bertz CT molecular complexity index is 1090. The molecule has 0 saturated carbocycles. The molecule has 0 bridgehead atoms. The molecule has 1 N–H and O–H groups in total. The number of nitrogens with one attached hydrogen (secondary N) is 1. The Hall–Kier alpha value is -3.65. The van der Waals surface area contributed by atoms with Gasteiger partial charge in [0.05, 0.1) is 13.3 Å². The van der Waals surface area contributed by atoms with Gasteiger partial charge in [-0.25, -0.2) is 10.2 Å². The topological polar surface area (TPSA) is 86.2 Å². The first kappa shape index (κ1) is 24.0. The minimum atomic E-state index is -0.452. The predicted octanol–water partition coefficient (Wildman–Crippen LogP) is 5.02. The summed E-state index contributed by atoms with van der Waals surface area (Å²) in [7, 11) is 1.48. The van der Waals surface area contributed by atoms with Crippen LogP contribution in [0.25, 0.3) is 0 Å². The van der Waals surface area contributed by atoms with E-state index in [4.69, 9.17) is 14.2 Å². The third kappa shape index (κ3) is 6.92. The highest BCUT2D eigenvalue weighted by atomic mass is 32.1. The van der Waals surface area contributed by atoms with Crippen molar-refractivity contribution in [2.45, 2.75) is 26.2 Å². The zero-order chi connectivity index (χ0) is 23.6. The average Bonchev–Trinajstić information content (AvgIpc) is 3.38. The van der Waals surface area contributed by atoms with Crippen LogP contribution in [0, 0.1) is 0 Å². The van der Waals surface area contributed by atoms with E-state index in [1.807, 2.05) is 24.3 Å². The van der Waals surface area contributed by atoms with Gasteiger partial charge < -0.3 is 14.2 Å². The van der Waals surface area contributed by atoms with Crippen molar-refractivity contribution in [2.24, 2.45) is 5.10 Å². The quantitative estimate of drug-likeness (QED) is 0.196. The second kappa shape index (κ2) is 11.8. The highest BCUT2D eigenvalue weighted by Gasteiger charge is 2.13. The van der Waals surface area contributed by atoms with Crippen LogP contribution in [0.4, 0.5) is 0 Å². The van der Waals surface area contributed by atoms with Crippen molar-refractivity contribution >= 4 is 29.4 Å². The van der Waals surface area contributed by atoms with Crippen LogP contribution in [0.15, 0.2) is 65.1 Å². The lowest BCUT2D eigenvalue weighted by Gasteiger charge is -2.10. The van der Waals surface area contributed by atoms with Gasteiger partial charge in [-0.15, -0.1) is 11.3 Å². The molecule has 0 aliphatic rings. The van der Waals surface area contributed by atoms with Gasteiger partial charge in [0.2, 0.25) is 0 Å². The van der Waals surface area contributed by atoms with Crippen molar-refractivity contribution < 1.29 is 23.8 Å². The molecule has 0 radical (unpaired) electrons. The Morgan fingerprint density at radius 3 is 2.58 bits per heavy atom. The van der Waals surface area contributed by atoms with E-state index in [-0.39, 0.29) is 12.5 Å². The zero-order valence-electron chi connectivity index (χ0n) is 18.7. The first-order valence-corrected chi connectivity index (χ1v) is 11.4. The smallest absolute Gasteiger partial charge is 0.353 e. The largest absolute Gasteiger partial charge is 0.493 e. The van der Waals surface area contributed by atoms with Crippen molar-refractivity contribution in [3.63, 3.8) is 0 Å². The van der Waals surface area contributed by atoms with Crippen LogP contribution in [0.3, 0.4) is 0 Å². The van der Waals surface area contributed by atoms with Crippen LogP contribution in [-0.4, -0.2) is 31.8 Å². The Labute approximate surface area is 197 Å². The van der Waals surface area contributed by atoms with Gasteiger partial charge in [-0.05, 0) is 65.2 Å². The number of hydrogen-bond donors (Lipinski definition) is 1. The van der Waals surface area contributed by atoms with Crippen LogP contribution in [0.1, 0.15) is 47.0 Å². The van der Waals surface area contributed by atoms with Crippen molar-refractivity contribution in [3.05, 3.63) is 76.0 Å². The predicted molar refractivity (Wildman–Crippen MR) is 129 cm³/mol. The summed E-state index contributed by atoms with van der Waals surface area (Å²) in [6.07, 6.45) is 2.53. The van der Waals surface area contributed by atoms with Gasteiger partial charge >= 0.3 is 5.97 Å². The molecule has 0 saturated heterocycles. The molecular formula is C25H26N2O5S. The Morgan fingerprint density at radius 1 is 1.12 bits per heavy atom. The second-order valence-corrected chi connectivity index (χ2v) is 8.18.